The first-order valence-electron chi connectivity index (χ1n) is 6.37. The molecule has 0 aromatic carbocycles. The van der Waals surface area contributed by atoms with Gasteiger partial charge in [-0.15, -0.1) is 11.3 Å². The lowest BCUT2D eigenvalue weighted by Gasteiger charge is -2.10. The third-order valence-electron chi connectivity index (χ3n) is 2.57. The molecule has 114 valence electrons. The van der Waals surface area contributed by atoms with Gasteiger partial charge in [0.2, 0.25) is 0 Å². The second-order valence-corrected chi connectivity index (χ2v) is 7.91. The smallest absolute Gasteiger partial charge is 0.252 e. The normalized spacial score (nSPS) is 12.8. The molecule has 20 heavy (non-hydrogen) atoms. The lowest BCUT2D eigenvalue weighted by atomic mass is 10.4. The summed E-state index contributed by atoms with van der Waals surface area (Å²) >= 11 is 1.27. The van der Waals surface area contributed by atoms with Gasteiger partial charge in [0.05, 0.1) is 6.54 Å². The topological polar surface area (TPSA) is 73.8 Å². The Balaban J connectivity index is 2.66. The SMILES string of the molecule is CCCNC(=NC)NCc1ccc(S(=O)(=O)N(C)C)s1. The van der Waals surface area contributed by atoms with Crippen molar-refractivity contribution in [3.05, 3.63) is 17.0 Å². The van der Waals surface area contributed by atoms with Crippen molar-refractivity contribution in [3.8, 4) is 0 Å². The Morgan fingerprint density at radius 2 is 2.05 bits per heavy atom. The third-order valence-corrected chi connectivity index (χ3v) is 5.94. The number of sulfonamides is 1. The Bertz CT molecular complexity index is 550. The summed E-state index contributed by atoms with van der Waals surface area (Å²) in [5.41, 5.74) is 0. The van der Waals surface area contributed by atoms with Crippen molar-refractivity contribution in [2.24, 2.45) is 4.99 Å². The molecule has 8 heteroatoms. The van der Waals surface area contributed by atoms with E-state index in [0.717, 1.165) is 23.8 Å². The van der Waals surface area contributed by atoms with Crippen molar-refractivity contribution >= 4 is 27.3 Å². The molecule has 0 spiro atoms. The molecular weight excluding hydrogens is 296 g/mol. The zero-order valence-corrected chi connectivity index (χ0v) is 13.9. The minimum absolute atomic E-state index is 0.357. The predicted octanol–water partition coefficient (Wildman–Crippen LogP) is 1.07. The van der Waals surface area contributed by atoms with E-state index in [2.05, 4.69) is 22.5 Å². The highest BCUT2D eigenvalue weighted by Gasteiger charge is 2.19. The number of nitrogens with zero attached hydrogens (tertiary/aromatic N) is 2. The molecule has 0 aliphatic heterocycles. The van der Waals surface area contributed by atoms with Gasteiger partial charge < -0.3 is 10.6 Å². The number of rotatable bonds is 6. The standard InChI is InChI=1S/C12H22N4O2S2/c1-5-8-14-12(13-2)15-9-10-6-7-11(19-10)20(17,18)16(3)4/h6-7H,5,8-9H2,1-4H3,(H2,13,14,15). The number of hydrogen-bond donors (Lipinski definition) is 2. The fourth-order valence-electron chi connectivity index (χ4n) is 1.41. The molecule has 1 aromatic rings. The van der Waals surface area contributed by atoms with Gasteiger partial charge in [0.15, 0.2) is 5.96 Å². The maximum absolute atomic E-state index is 12.0. The molecule has 0 amide bonds. The fourth-order valence-corrected chi connectivity index (χ4v) is 3.87. The Labute approximate surface area is 125 Å². The molecule has 0 saturated carbocycles. The van der Waals surface area contributed by atoms with E-state index in [1.807, 2.05) is 6.07 Å². The molecule has 0 radical (unpaired) electrons. The van der Waals surface area contributed by atoms with Crippen LogP contribution in [0, 0.1) is 0 Å². The monoisotopic (exact) mass is 318 g/mol. The van der Waals surface area contributed by atoms with Crippen molar-refractivity contribution in [3.63, 3.8) is 0 Å². The predicted molar refractivity (Wildman–Crippen MR) is 83.7 cm³/mol. The summed E-state index contributed by atoms with van der Waals surface area (Å²) in [5, 5.41) is 6.32. The third kappa shape index (κ3) is 4.46. The molecule has 1 heterocycles. The van der Waals surface area contributed by atoms with Crippen LogP contribution in [0.3, 0.4) is 0 Å². The maximum atomic E-state index is 12.0. The van der Waals surface area contributed by atoms with E-state index < -0.39 is 10.0 Å². The van der Waals surface area contributed by atoms with Crippen LogP contribution in [0.2, 0.25) is 0 Å². The molecule has 1 rings (SSSR count). The Morgan fingerprint density at radius 1 is 1.35 bits per heavy atom. The first-order chi connectivity index (χ1) is 9.41. The van der Waals surface area contributed by atoms with Crippen LogP contribution in [-0.4, -0.2) is 46.4 Å². The van der Waals surface area contributed by atoms with Crippen molar-refractivity contribution in [1.82, 2.24) is 14.9 Å². The van der Waals surface area contributed by atoms with E-state index in [4.69, 9.17) is 0 Å². The van der Waals surface area contributed by atoms with Crippen LogP contribution in [0.1, 0.15) is 18.2 Å². The molecule has 0 bridgehead atoms. The van der Waals surface area contributed by atoms with E-state index in [0.29, 0.717) is 10.8 Å². The Morgan fingerprint density at radius 3 is 2.60 bits per heavy atom. The van der Waals surface area contributed by atoms with Crippen LogP contribution in [0.5, 0.6) is 0 Å². The Hall–Kier alpha value is -1.12. The van der Waals surface area contributed by atoms with Gasteiger partial charge in [-0.05, 0) is 18.6 Å². The van der Waals surface area contributed by atoms with Gasteiger partial charge in [0.1, 0.15) is 4.21 Å². The van der Waals surface area contributed by atoms with Gasteiger partial charge in [-0.25, -0.2) is 12.7 Å². The highest BCUT2D eigenvalue weighted by molar-refractivity contribution is 7.91. The van der Waals surface area contributed by atoms with E-state index >= 15 is 0 Å². The molecule has 0 atom stereocenters. The zero-order chi connectivity index (χ0) is 15.2. The van der Waals surface area contributed by atoms with Crippen molar-refractivity contribution in [2.75, 3.05) is 27.7 Å². The number of nitrogens with one attached hydrogen (secondary N) is 2. The zero-order valence-electron chi connectivity index (χ0n) is 12.3. The highest BCUT2D eigenvalue weighted by Crippen LogP contribution is 2.23. The molecule has 0 saturated heterocycles. The van der Waals surface area contributed by atoms with Gasteiger partial charge in [0.25, 0.3) is 10.0 Å². The second kappa shape index (κ2) is 7.61. The lowest BCUT2D eigenvalue weighted by Crippen LogP contribution is -2.36. The van der Waals surface area contributed by atoms with E-state index in [9.17, 15) is 8.42 Å². The van der Waals surface area contributed by atoms with Gasteiger partial charge in [-0.2, -0.15) is 0 Å². The molecular formula is C12H22N4O2S2. The van der Waals surface area contributed by atoms with Gasteiger partial charge in [0, 0.05) is 32.6 Å². The van der Waals surface area contributed by atoms with Crippen molar-refractivity contribution in [2.45, 2.75) is 24.1 Å². The molecule has 0 aliphatic rings. The average Bonchev–Trinajstić information content (AvgIpc) is 2.88. The lowest BCUT2D eigenvalue weighted by molar-refractivity contribution is 0.523. The largest absolute Gasteiger partial charge is 0.356 e. The Kier molecular flexibility index (Phi) is 6.44. The van der Waals surface area contributed by atoms with Crippen LogP contribution in [0.25, 0.3) is 0 Å². The first-order valence-corrected chi connectivity index (χ1v) is 8.63. The minimum atomic E-state index is -3.34. The summed E-state index contributed by atoms with van der Waals surface area (Å²) < 4.78 is 25.5. The van der Waals surface area contributed by atoms with Crippen molar-refractivity contribution < 1.29 is 8.42 Å². The summed E-state index contributed by atoms with van der Waals surface area (Å²) in [4.78, 5) is 5.05. The average molecular weight is 318 g/mol. The summed E-state index contributed by atoms with van der Waals surface area (Å²) in [6, 6.07) is 3.46. The van der Waals surface area contributed by atoms with E-state index in [1.165, 1.54) is 29.7 Å². The van der Waals surface area contributed by atoms with Crippen LogP contribution < -0.4 is 10.6 Å². The maximum Gasteiger partial charge on any atom is 0.252 e. The highest BCUT2D eigenvalue weighted by atomic mass is 32.2. The van der Waals surface area contributed by atoms with E-state index in [1.54, 1.807) is 13.1 Å². The minimum Gasteiger partial charge on any atom is -0.356 e. The second-order valence-electron chi connectivity index (χ2n) is 4.36. The van der Waals surface area contributed by atoms with Crippen LogP contribution >= 0.6 is 11.3 Å². The number of guanidine groups is 1. The molecule has 0 aliphatic carbocycles. The van der Waals surface area contributed by atoms with Gasteiger partial charge in [-0.3, -0.25) is 4.99 Å². The number of hydrogen-bond acceptors (Lipinski definition) is 4. The van der Waals surface area contributed by atoms with Crippen molar-refractivity contribution in [1.29, 1.82) is 0 Å². The molecule has 0 unspecified atom stereocenters. The van der Waals surface area contributed by atoms with Gasteiger partial charge >= 0.3 is 0 Å². The van der Waals surface area contributed by atoms with Crippen LogP contribution in [0.15, 0.2) is 21.3 Å². The molecule has 0 fully saturated rings. The molecule has 2 N–H and O–H groups in total. The molecule has 6 nitrogen and oxygen atoms in total. The summed E-state index contributed by atoms with van der Waals surface area (Å²) in [7, 11) is 1.44. The molecule has 1 aromatic heterocycles. The summed E-state index contributed by atoms with van der Waals surface area (Å²) in [5.74, 6) is 0.720. The quantitative estimate of drug-likeness (QED) is 0.608. The first kappa shape index (κ1) is 16.9. The van der Waals surface area contributed by atoms with Gasteiger partial charge in [-0.1, -0.05) is 6.92 Å². The summed E-state index contributed by atoms with van der Waals surface area (Å²) in [6.07, 6.45) is 1.02. The van der Waals surface area contributed by atoms with E-state index in [-0.39, 0.29) is 0 Å². The fraction of sp³-hybridized carbons (Fsp3) is 0.583. The van der Waals surface area contributed by atoms with Crippen LogP contribution in [0.4, 0.5) is 0 Å². The van der Waals surface area contributed by atoms with Crippen LogP contribution in [-0.2, 0) is 16.6 Å². The number of thiophene rings is 1. The number of aliphatic imine (C=N–C) groups is 1. The summed E-state index contributed by atoms with van der Waals surface area (Å²) in [6.45, 7) is 3.49.